The van der Waals surface area contributed by atoms with Crippen LogP contribution in [0.1, 0.15) is 71.6 Å². The molecule has 3 nitrogen and oxygen atoms in total. The predicted molar refractivity (Wildman–Crippen MR) is 87.0 cm³/mol. The number of rotatable bonds is 0. The number of nitrogens with zero attached hydrogens (tertiary/aromatic N) is 1. The lowest BCUT2D eigenvalue weighted by Crippen LogP contribution is -2.54. The van der Waals surface area contributed by atoms with Gasteiger partial charge in [-0.3, -0.25) is 0 Å². The quantitative estimate of drug-likeness (QED) is 0.520. The molecule has 2 N–H and O–H groups in total. The van der Waals surface area contributed by atoms with Crippen LogP contribution in [-0.2, 0) is 0 Å². The highest BCUT2D eigenvalue weighted by atomic mass is 16.4. The molecule has 0 aromatic rings. The predicted octanol–water partition coefficient (Wildman–Crippen LogP) is 4.22. The van der Waals surface area contributed by atoms with Crippen molar-refractivity contribution in [1.29, 1.82) is 0 Å². The molecule has 0 bridgehead atoms. The van der Waals surface area contributed by atoms with Crippen molar-refractivity contribution in [2.24, 2.45) is 39.7 Å². The van der Waals surface area contributed by atoms with E-state index in [0.29, 0.717) is 11.3 Å². The molecule has 4 saturated carbocycles. The van der Waals surface area contributed by atoms with E-state index < -0.39 is 0 Å². The van der Waals surface area contributed by atoms with Gasteiger partial charge in [0.15, 0.2) is 0 Å². The second-order valence-corrected chi connectivity index (χ2v) is 9.16. The summed E-state index contributed by atoms with van der Waals surface area (Å²) in [5, 5.41) is 23.2. The third-order valence-electron chi connectivity index (χ3n) is 8.59. The van der Waals surface area contributed by atoms with Crippen LogP contribution in [-0.4, -0.2) is 22.1 Å². The third kappa shape index (κ3) is 1.87. The molecule has 4 rings (SSSR count). The largest absolute Gasteiger partial charge is 0.411 e. The molecular weight excluding hydrogens is 274 g/mol. The zero-order valence-corrected chi connectivity index (χ0v) is 14.1. The Morgan fingerprint density at radius 1 is 0.955 bits per heavy atom. The first kappa shape index (κ1) is 15.0. The lowest BCUT2D eigenvalue weighted by Gasteiger charge is -2.60. The molecule has 0 aromatic carbocycles. The molecule has 0 radical (unpaired) electrons. The second-order valence-electron chi connectivity index (χ2n) is 9.16. The average Bonchev–Trinajstić information content (AvgIpc) is 2.82. The summed E-state index contributed by atoms with van der Waals surface area (Å²) in [7, 11) is 0. The molecule has 0 amide bonds. The number of aliphatic hydroxyl groups is 1. The summed E-state index contributed by atoms with van der Waals surface area (Å²) in [6.45, 7) is 4.88. The molecule has 4 aliphatic carbocycles. The Morgan fingerprint density at radius 3 is 2.50 bits per heavy atom. The molecule has 4 fully saturated rings. The van der Waals surface area contributed by atoms with Crippen LogP contribution in [0.5, 0.6) is 0 Å². The highest BCUT2D eigenvalue weighted by molar-refractivity contribution is 5.85. The van der Waals surface area contributed by atoms with E-state index in [4.69, 9.17) is 5.21 Å². The Morgan fingerprint density at radius 2 is 1.73 bits per heavy atom. The first-order valence-electron chi connectivity index (χ1n) is 9.37. The van der Waals surface area contributed by atoms with Crippen LogP contribution >= 0.6 is 0 Å². The van der Waals surface area contributed by atoms with Gasteiger partial charge in [0.2, 0.25) is 0 Å². The van der Waals surface area contributed by atoms with Crippen LogP contribution in [0.3, 0.4) is 0 Å². The van der Waals surface area contributed by atoms with Gasteiger partial charge < -0.3 is 10.3 Å². The van der Waals surface area contributed by atoms with E-state index in [1.807, 2.05) is 0 Å². The molecule has 0 heterocycles. The summed E-state index contributed by atoms with van der Waals surface area (Å²) in [5.74, 6) is 3.11. The van der Waals surface area contributed by atoms with Crippen LogP contribution in [0.15, 0.2) is 5.16 Å². The van der Waals surface area contributed by atoms with E-state index in [-0.39, 0.29) is 11.5 Å². The van der Waals surface area contributed by atoms with E-state index >= 15 is 0 Å². The van der Waals surface area contributed by atoms with Gasteiger partial charge in [-0.15, -0.1) is 0 Å². The van der Waals surface area contributed by atoms with Crippen molar-refractivity contribution in [3.63, 3.8) is 0 Å². The number of hydrogen-bond donors (Lipinski definition) is 2. The van der Waals surface area contributed by atoms with Gasteiger partial charge in [0.25, 0.3) is 0 Å². The van der Waals surface area contributed by atoms with Crippen LogP contribution in [0.25, 0.3) is 0 Å². The van der Waals surface area contributed by atoms with Gasteiger partial charge in [0, 0.05) is 0 Å². The van der Waals surface area contributed by atoms with Gasteiger partial charge in [-0.2, -0.15) is 0 Å². The zero-order chi connectivity index (χ0) is 15.5. The van der Waals surface area contributed by atoms with Gasteiger partial charge >= 0.3 is 0 Å². The first-order chi connectivity index (χ1) is 10.5. The Kier molecular flexibility index (Phi) is 3.38. The highest BCUT2D eigenvalue weighted by Crippen LogP contribution is 2.65. The Labute approximate surface area is 134 Å². The van der Waals surface area contributed by atoms with Crippen LogP contribution in [0.2, 0.25) is 0 Å². The second kappa shape index (κ2) is 4.96. The first-order valence-corrected chi connectivity index (χ1v) is 9.37. The molecule has 124 valence electrons. The molecule has 3 heteroatoms. The number of fused-ring (bicyclic) bond motifs is 5. The molecule has 0 saturated heterocycles. The molecule has 0 spiro atoms. The van der Waals surface area contributed by atoms with Gasteiger partial charge in [-0.25, -0.2) is 0 Å². The summed E-state index contributed by atoms with van der Waals surface area (Å²) < 4.78 is 0. The van der Waals surface area contributed by atoms with Crippen molar-refractivity contribution in [3.05, 3.63) is 0 Å². The Balaban J connectivity index is 1.62. The molecule has 0 aromatic heterocycles. The van der Waals surface area contributed by atoms with Gasteiger partial charge in [-0.1, -0.05) is 19.0 Å². The van der Waals surface area contributed by atoms with Crippen molar-refractivity contribution >= 4 is 5.71 Å². The SMILES string of the molecule is C[C@]12CCC(=NO)C[C@@H]1CC[C@@H]1[C@@H]2CC[C@]2(C)[C@@H](O)CC[C@@H]12. The average molecular weight is 305 g/mol. The fraction of sp³-hybridized carbons (Fsp3) is 0.947. The minimum atomic E-state index is -0.0662. The highest BCUT2D eigenvalue weighted by Gasteiger charge is 2.59. The van der Waals surface area contributed by atoms with E-state index in [1.54, 1.807) is 0 Å². The van der Waals surface area contributed by atoms with E-state index in [1.165, 1.54) is 38.5 Å². The topological polar surface area (TPSA) is 52.8 Å². The van der Waals surface area contributed by atoms with E-state index in [9.17, 15) is 5.11 Å². The summed E-state index contributed by atoms with van der Waals surface area (Å²) >= 11 is 0. The fourth-order valence-corrected chi connectivity index (χ4v) is 7.12. The minimum absolute atomic E-state index is 0.0662. The third-order valence-corrected chi connectivity index (χ3v) is 8.59. The molecule has 22 heavy (non-hydrogen) atoms. The summed E-state index contributed by atoms with van der Waals surface area (Å²) in [6.07, 6.45) is 10.5. The van der Waals surface area contributed by atoms with Crippen molar-refractivity contribution in [2.45, 2.75) is 77.7 Å². The normalized spacial score (nSPS) is 56.3. The van der Waals surface area contributed by atoms with Crippen LogP contribution in [0.4, 0.5) is 0 Å². The van der Waals surface area contributed by atoms with Crippen molar-refractivity contribution < 1.29 is 10.3 Å². The number of aliphatic hydroxyl groups excluding tert-OH is 1. The van der Waals surface area contributed by atoms with Gasteiger partial charge in [0.05, 0.1) is 11.8 Å². The lowest BCUT2D eigenvalue weighted by atomic mass is 9.45. The summed E-state index contributed by atoms with van der Waals surface area (Å²) in [6, 6.07) is 0. The smallest absolute Gasteiger partial charge is 0.0596 e. The maximum atomic E-state index is 10.5. The van der Waals surface area contributed by atoms with Crippen molar-refractivity contribution in [2.75, 3.05) is 0 Å². The molecule has 0 unspecified atom stereocenters. The zero-order valence-electron chi connectivity index (χ0n) is 14.1. The van der Waals surface area contributed by atoms with Gasteiger partial charge in [-0.05, 0) is 92.3 Å². The van der Waals surface area contributed by atoms with E-state index in [0.717, 1.165) is 42.7 Å². The minimum Gasteiger partial charge on any atom is -0.411 e. The Bertz CT molecular complexity index is 490. The van der Waals surface area contributed by atoms with E-state index in [2.05, 4.69) is 19.0 Å². The standard InChI is InChI=1S/C19H31NO2/c1-18-9-7-13(20-22)11-12(18)3-4-14-15-5-6-17(21)19(15,2)10-8-16(14)18/h12,14-17,21-22H,3-11H2,1-2H3/t12-,14-,15-,16-,17-,18-,19-/m0/s1. The maximum absolute atomic E-state index is 10.5. The monoisotopic (exact) mass is 305 g/mol. The van der Waals surface area contributed by atoms with Crippen LogP contribution < -0.4 is 0 Å². The number of oxime groups is 1. The van der Waals surface area contributed by atoms with Crippen LogP contribution in [0, 0.1) is 34.5 Å². The van der Waals surface area contributed by atoms with Crippen molar-refractivity contribution in [1.82, 2.24) is 0 Å². The fourth-order valence-electron chi connectivity index (χ4n) is 7.12. The summed E-state index contributed by atoms with van der Waals surface area (Å²) in [4.78, 5) is 0. The summed E-state index contributed by atoms with van der Waals surface area (Å²) in [5.41, 5.74) is 1.65. The number of hydrogen-bond acceptors (Lipinski definition) is 3. The lowest BCUT2D eigenvalue weighted by molar-refractivity contribution is -0.112. The molecular formula is C19H31NO2. The maximum Gasteiger partial charge on any atom is 0.0596 e. The Hall–Kier alpha value is -0.570. The van der Waals surface area contributed by atoms with Crippen molar-refractivity contribution in [3.8, 4) is 0 Å². The molecule has 7 atom stereocenters. The van der Waals surface area contributed by atoms with Gasteiger partial charge in [0.1, 0.15) is 0 Å². The molecule has 4 aliphatic rings. The molecule has 0 aliphatic heterocycles.